The summed E-state index contributed by atoms with van der Waals surface area (Å²) in [5.74, 6) is 0.298. The van der Waals surface area contributed by atoms with Crippen LogP contribution in [0.15, 0.2) is 6.33 Å². The van der Waals surface area contributed by atoms with E-state index in [1.807, 2.05) is 13.3 Å². The molecule has 0 radical (unpaired) electrons. The number of likely N-dealkylation sites (tertiary alicyclic amines) is 1. The van der Waals surface area contributed by atoms with Crippen molar-refractivity contribution in [2.75, 3.05) is 13.1 Å². The smallest absolute Gasteiger partial charge is 0.224 e. The summed E-state index contributed by atoms with van der Waals surface area (Å²) in [6.07, 6.45) is 3.64. The van der Waals surface area contributed by atoms with E-state index in [4.69, 9.17) is 0 Å². The third-order valence-electron chi connectivity index (χ3n) is 4.35. The maximum absolute atomic E-state index is 12.0. The van der Waals surface area contributed by atoms with Crippen molar-refractivity contribution >= 4 is 5.91 Å². The summed E-state index contributed by atoms with van der Waals surface area (Å²) < 4.78 is 2.14. The van der Waals surface area contributed by atoms with Crippen molar-refractivity contribution in [2.45, 2.75) is 45.3 Å². The first-order valence-corrected chi connectivity index (χ1v) is 6.68. The summed E-state index contributed by atoms with van der Waals surface area (Å²) in [5, 5.41) is 3.41. The van der Waals surface area contributed by atoms with Crippen LogP contribution in [0.25, 0.3) is 0 Å². The number of amides is 1. The Morgan fingerprint density at radius 1 is 1.44 bits per heavy atom. The zero-order chi connectivity index (χ0) is 12.7. The van der Waals surface area contributed by atoms with Gasteiger partial charge >= 0.3 is 0 Å². The number of fused-ring (bicyclic) bond motifs is 1. The zero-order valence-corrected chi connectivity index (χ0v) is 11.0. The van der Waals surface area contributed by atoms with Gasteiger partial charge in [0.15, 0.2) is 0 Å². The molecule has 2 atom stereocenters. The number of nitrogens with one attached hydrogen (secondary N) is 1. The highest BCUT2D eigenvalue weighted by atomic mass is 16.2. The second-order valence-electron chi connectivity index (χ2n) is 5.32. The molecule has 1 amide bonds. The topological polar surface area (TPSA) is 50.2 Å². The van der Waals surface area contributed by atoms with Crippen LogP contribution in [-0.4, -0.2) is 45.5 Å². The molecule has 3 heterocycles. The van der Waals surface area contributed by atoms with Crippen LogP contribution in [0, 0.1) is 13.8 Å². The molecule has 98 valence electrons. The van der Waals surface area contributed by atoms with E-state index < -0.39 is 0 Å². The summed E-state index contributed by atoms with van der Waals surface area (Å²) in [7, 11) is 0. The standard InChI is InChI=1S/C13H20N4O/c1-9-10(2)16(8-15-9)5-6-17-12-3-4-14-11(12)7-13(17)18/h8,11-12,14H,3-7H2,1-2H3/t11-,12-/m1/s1. The van der Waals surface area contributed by atoms with E-state index in [-0.39, 0.29) is 0 Å². The minimum Gasteiger partial charge on any atom is -0.336 e. The number of imidazole rings is 1. The van der Waals surface area contributed by atoms with E-state index in [1.165, 1.54) is 5.69 Å². The Hall–Kier alpha value is -1.36. The Balaban J connectivity index is 1.66. The Bertz CT molecular complexity index is 468. The van der Waals surface area contributed by atoms with Gasteiger partial charge in [0.1, 0.15) is 0 Å². The summed E-state index contributed by atoms with van der Waals surface area (Å²) in [6, 6.07) is 0.811. The van der Waals surface area contributed by atoms with E-state index in [0.29, 0.717) is 24.4 Å². The Morgan fingerprint density at radius 2 is 2.28 bits per heavy atom. The maximum atomic E-state index is 12.0. The largest absolute Gasteiger partial charge is 0.336 e. The normalized spacial score (nSPS) is 27.0. The number of nitrogens with zero attached hydrogens (tertiary/aromatic N) is 3. The quantitative estimate of drug-likeness (QED) is 0.845. The Morgan fingerprint density at radius 3 is 3.00 bits per heavy atom. The van der Waals surface area contributed by atoms with Crippen molar-refractivity contribution in [1.82, 2.24) is 19.8 Å². The Kier molecular flexibility index (Phi) is 2.86. The number of aromatic nitrogens is 2. The molecular weight excluding hydrogens is 228 g/mol. The number of hydrogen-bond acceptors (Lipinski definition) is 3. The van der Waals surface area contributed by atoms with Gasteiger partial charge in [-0.1, -0.05) is 0 Å². The number of carbonyl (C=O) groups is 1. The number of rotatable bonds is 3. The molecule has 0 bridgehead atoms. The second-order valence-corrected chi connectivity index (χ2v) is 5.32. The molecule has 1 N–H and O–H groups in total. The van der Waals surface area contributed by atoms with Crippen LogP contribution in [0.4, 0.5) is 0 Å². The Labute approximate surface area is 107 Å². The van der Waals surface area contributed by atoms with Gasteiger partial charge in [-0.15, -0.1) is 0 Å². The predicted octanol–water partition coefficient (Wildman–Crippen LogP) is 0.463. The van der Waals surface area contributed by atoms with Gasteiger partial charge in [0.2, 0.25) is 5.91 Å². The van der Waals surface area contributed by atoms with Crippen LogP contribution in [0.2, 0.25) is 0 Å². The molecular formula is C13H20N4O. The van der Waals surface area contributed by atoms with Crippen molar-refractivity contribution in [3.8, 4) is 0 Å². The monoisotopic (exact) mass is 248 g/mol. The number of carbonyl (C=O) groups excluding carboxylic acids is 1. The molecule has 2 aliphatic rings. The van der Waals surface area contributed by atoms with Crippen molar-refractivity contribution < 1.29 is 4.79 Å². The fourth-order valence-corrected chi connectivity index (χ4v) is 3.10. The molecule has 0 aromatic carbocycles. The first-order chi connectivity index (χ1) is 8.66. The second kappa shape index (κ2) is 4.39. The molecule has 3 rings (SSSR count). The molecule has 18 heavy (non-hydrogen) atoms. The van der Waals surface area contributed by atoms with E-state index in [2.05, 4.69) is 26.7 Å². The predicted molar refractivity (Wildman–Crippen MR) is 68.2 cm³/mol. The van der Waals surface area contributed by atoms with Crippen molar-refractivity contribution in [1.29, 1.82) is 0 Å². The first kappa shape index (κ1) is 11.7. The van der Waals surface area contributed by atoms with Gasteiger partial charge in [-0.05, 0) is 26.8 Å². The van der Waals surface area contributed by atoms with Gasteiger partial charge in [-0.2, -0.15) is 0 Å². The summed E-state index contributed by atoms with van der Waals surface area (Å²) in [6.45, 7) is 6.79. The van der Waals surface area contributed by atoms with Gasteiger partial charge in [-0.25, -0.2) is 4.98 Å². The van der Waals surface area contributed by atoms with Gasteiger partial charge < -0.3 is 14.8 Å². The third kappa shape index (κ3) is 1.82. The number of hydrogen-bond donors (Lipinski definition) is 1. The highest BCUT2D eigenvalue weighted by molar-refractivity contribution is 5.80. The molecule has 2 aliphatic heterocycles. The lowest BCUT2D eigenvalue weighted by Crippen LogP contribution is -2.37. The molecule has 0 aliphatic carbocycles. The van der Waals surface area contributed by atoms with E-state index in [0.717, 1.165) is 31.7 Å². The molecule has 5 nitrogen and oxygen atoms in total. The zero-order valence-electron chi connectivity index (χ0n) is 11.0. The average molecular weight is 248 g/mol. The highest BCUT2D eigenvalue weighted by Gasteiger charge is 2.41. The van der Waals surface area contributed by atoms with E-state index >= 15 is 0 Å². The van der Waals surface area contributed by atoms with Crippen LogP contribution < -0.4 is 5.32 Å². The summed E-state index contributed by atoms with van der Waals surface area (Å²) in [4.78, 5) is 18.3. The van der Waals surface area contributed by atoms with Gasteiger partial charge in [0.05, 0.1) is 12.0 Å². The van der Waals surface area contributed by atoms with Crippen LogP contribution in [0.3, 0.4) is 0 Å². The summed E-state index contributed by atoms with van der Waals surface area (Å²) >= 11 is 0. The third-order valence-corrected chi connectivity index (χ3v) is 4.35. The SMILES string of the molecule is Cc1ncn(CCN2C(=O)C[C@H]3NCC[C@H]32)c1C. The van der Waals surface area contributed by atoms with Crippen LogP contribution in [-0.2, 0) is 11.3 Å². The lowest BCUT2D eigenvalue weighted by molar-refractivity contribution is -0.129. The molecule has 1 aromatic rings. The minimum absolute atomic E-state index is 0.298. The number of aryl methyl sites for hydroxylation is 1. The lowest BCUT2D eigenvalue weighted by Gasteiger charge is -2.23. The molecule has 2 fully saturated rings. The molecule has 0 spiro atoms. The molecule has 0 unspecified atom stereocenters. The molecule has 5 heteroatoms. The van der Waals surface area contributed by atoms with Crippen molar-refractivity contribution in [3.63, 3.8) is 0 Å². The fraction of sp³-hybridized carbons (Fsp3) is 0.692. The van der Waals surface area contributed by atoms with E-state index in [9.17, 15) is 4.79 Å². The van der Waals surface area contributed by atoms with E-state index in [1.54, 1.807) is 0 Å². The average Bonchev–Trinajstić information content (AvgIpc) is 2.97. The first-order valence-electron chi connectivity index (χ1n) is 6.68. The molecule has 0 saturated carbocycles. The van der Waals surface area contributed by atoms with Crippen molar-refractivity contribution in [3.05, 3.63) is 17.7 Å². The van der Waals surface area contributed by atoms with Crippen LogP contribution >= 0.6 is 0 Å². The van der Waals surface area contributed by atoms with Gasteiger partial charge in [0.25, 0.3) is 0 Å². The highest BCUT2D eigenvalue weighted by Crippen LogP contribution is 2.25. The van der Waals surface area contributed by atoms with Gasteiger partial charge in [-0.3, -0.25) is 4.79 Å². The lowest BCUT2D eigenvalue weighted by atomic mass is 10.1. The van der Waals surface area contributed by atoms with Crippen LogP contribution in [0.5, 0.6) is 0 Å². The summed E-state index contributed by atoms with van der Waals surface area (Å²) in [5.41, 5.74) is 2.27. The molecule has 2 saturated heterocycles. The van der Waals surface area contributed by atoms with Crippen LogP contribution in [0.1, 0.15) is 24.2 Å². The van der Waals surface area contributed by atoms with Gasteiger partial charge in [0, 0.05) is 37.3 Å². The minimum atomic E-state index is 0.298. The molecule has 1 aromatic heterocycles. The maximum Gasteiger partial charge on any atom is 0.224 e. The van der Waals surface area contributed by atoms with Crippen molar-refractivity contribution in [2.24, 2.45) is 0 Å². The fourth-order valence-electron chi connectivity index (χ4n) is 3.10.